The molecule has 1 aliphatic rings. The van der Waals surface area contributed by atoms with E-state index in [0.29, 0.717) is 6.42 Å². The molecule has 0 saturated heterocycles. The fraction of sp³-hybridized carbons (Fsp3) is 0.533. The summed E-state index contributed by atoms with van der Waals surface area (Å²) in [6.07, 6.45) is 1.52. The van der Waals surface area contributed by atoms with E-state index in [1.54, 1.807) is 0 Å². The molecule has 0 radical (unpaired) electrons. The van der Waals surface area contributed by atoms with Gasteiger partial charge in [-0.1, -0.05) is 6.07 Å². The van der Waals surface area contributed by atoms with Gasteiger partial charge in [0, 0.05) is 31.2 Å². The Kier molecular flexibility index (Phi) is 8.71. The predicted octanol–water partition coefficient (Wildman–Crippen LogP) is 2.56. The van der Waals surface area contributed by atoms with Crippen LogP contribution >= 0.6 is 24.8 Å². The molecule has 0 bridgehead atoms. The molecule has 0 aliphatic carbocycles. The maximum Gasteiger partial charge on any atom is 0.224 e. The van der Waals surface area contributed by atoms with E-state index in [2.05, 4.69) is 11.4 Å². The Labute approximate surface area is 139 Å². The van der Waals surface area contributed by atoms with E-state index in [1.165, 1.54) is 11.1 Å². The highest BCUT2D eigenvalue weighted by Gasteiger charge is 2.23. The first-order valence-electron chi connectivity index (χ1n) is 7.05. The first kappa shape index (κ1) is 20.0. The molecule has 1 aliphatic heterocycles. The number of halogens is 2. The van der Waals surface area contributed by atoms with Crippen LogP contribution in [0.5, 0.6) is 0 Å². The number of amides is 1. The van der Waals surface area contributed by atoms with Crippen LogP contribution < -0.4 is 11.1 Å². The molecule has 0 spiro atoms. The monoisotopic (exact) mass is 333 g/mol. The minimum atomic E-state index is 0. The second-order valence-electron chi connectivity index (χ2n) is 4.99. The van der Waals surface area contributed by atoms with Crippen LogP contribution in [0.3, 0.4) is 0 Å². The summed E-state index contributed by atoms with van der Waals surface area (Å²) in [7, 11) is 0. The third-order valence-electron chi connectivity index (χ3n) is 3.83. The highest BCUT2D eigenvalue weighted by molar-refractivity contribution is 5.85. The van der Waals surface area contributed by atoms with E-state index in [9.17, 15) is 4.79 Å². The third-order valence-corrected chi connectivity index (χ3v) is 3.83. The Morgan fingerprint density at radius 1 is 1.33 bits per heavy atom. The third kappa shape index (κ3) is 4.77. The van der Waals surface area contributed by atoms with Crippen molar-refractivity contribution in [2.24, 2.45) is 0 Å². The number of rotatable bonds is 4. The van der Waals surface area contributed by atoms with Crippen molar-refractivity contribution in [1.82, 2.24) is 10.2 Å². The minimum absolute atomic E-state index is 0. The molecule has 3 N–H and O–H groups in total. The zero-order chi connectivity index (χ0) is 13.8. The molecule has 0 fully saturated rings. The summed E-state index contributed by atoms with van der Waals surface area (Å²) in [4.78, 5) is 14.1. The van der Waals surface area contributed by atoms with Gasteiger partial charge in [0.25, 0.3) is 0 Å². The average Bonchev–Trinajstić information content (AvgIpc) is 2.41. The Morgan fingerprint density at radius 3 is 2.62 bits per heavy atom. The van der Waals surface area contributed by atoms with Gasteiger partial charge in [0.05, 0.1) is 0 Å². The summed E-state index contributed by atoms with van der Waals surface area (Å²) in [5.74, 6) is 0.206. The van der Waals surface area contributed by atoms with Crippen LogP contribution in [0.1, 0.15) is 37.4 Å². The largest absolute Gasteiger partial charge is 0.399 e. The molecule has 6 heteroatoms. The number of anilines is 1. The first-order chi connectivity index (χ1) is 9.15. The lowest BCUT2D eigenvalue weighted by Gasteiger charge is -2.29. The molecule has 4 nitrogen and oxygen atoms in total. The Balaban J connectivity index is 0.00000200. The van der Waals surface area contributed by atoms with Gasteiger partial charge < -0.3 is 16.0 Å². The minimum Gasteiger partial charge on any atom is -0.399 e. The van der Waals surface area contributed by atoms with E-state index < -0.39 is 0 Å². The van der Waals surface area contributed by atoms with E-state index in [1.807, 2.05) is 30.9 Å². The van der Waals surface area contributed by atoms with Crippen molar-refractivity contribution in [3.8, 4) is 0 Å². The number of fused-ring (bicyclic) bond motifs is 1. The number of nitrogens with one attached hydrogen (secondary N) is 1. The van der Waals surface area contributed by atoms with Crippen molar-refractivity contribution in [3.63, 3.8) is 0 Å². The number of nitrogen functional groups attached to an aromatic ring is 1. The Hall–Kier alpha value is -0.970. The van der Waals surface area contributed by atoms with Crippen molar-refractivity contribution < 1.29 is 4.79 Å². The molecule has 120 valence electrons. The van der Waals surface area contributed by atoms with Crippen molar-refractivity contribution in [2.75, 3.05) is 25.4 Å². The van der Waals surface area contributed by atoms with Gasteiger partial charge in [-0.15, -0.1) is 24.8 Å². The fourth-order valence-electron chi connectivity index (χ4n) is 2.72. The van der Waals surface area contributed by atoms with Crippen LogP contribution in [-0.4, -0.2) is 30.4 Å². The van der Waals surface area contributed by atoms with Crippen LogP contribution in [0.2, 0.25) is 0 Å². The second-order valence-corrected chi connectivity index (χ2v) is 4.99. The number of carbonyl (C=O) groups excluding carboxylic acids is 1. The zero-order valence-corrected chi connectivity index (χ0v) is 14.2. The predicted molar refractivity (Wildman–Crippen MR) is 92.3 cm³/mol. The number of hydrogen-bond acceptors (Lipinski definition) is 3. The highest BCUT2D eigenvalue weighted by Crippen LogP contribution is 2.27. The molecular formula is C15H25Cl2N3O. The molecule has 1 atom stereocenters. The first-order valence-corrected chi connectivity index (χ1v) is 7.05. The molecule has 2 rings (SSSR count). The zero-order valence-electron chi connectivity index (χ0n) is 12.6. The Morgan fingerprint density at radius 2 is 2.00 bits per heavy atom. The normalized spacial score (nSPS) is 16.2. The van der Waals surface area contributed by atoms with Crippen molar-refractivity contribution in [1.29, 1.82) is 0 Å². The van der Waals surface area contributed by atoms with Gasteiger partial charge in [-0.05, 0) is 50.1 Å². The van der Waals surface area contributed by atoms with Crippen LogP contribution in [-0.2, 0) is 11.2 Å². The standard InChI is InChI=1S/C15H23N3O.2ClH/c1-3-18(4-2)15(19)10-14-13-9-12(16)6-5-11(13)7-8-17-14;;/h5-6,9,14,17H,3-4,7-8,10,16H2,1-2H3;2*1H. The molecule has 1 aromatic carbocycles. The maximum absolute atomic E-state index is 12.2. The molecule has 21 heavy (non-hydrogen) atoms. The molecule has 1 amide bonds. The van der Waals surface area contributed by atoms with Gasteiger partial charge in [-0.25, -0.2) is 0 Å². The summed E-state index contributed by atoms with van der Waals surface area (Å²) in [5.41, 5.74) is 9.13. The lowest BCUT2D eigenvalue weighted by atomic mass is 9.91. The molecule has 0 aromatic heterocycles. The highest BCUT2D eigenvalue weighted by atomic mass is 35.5. The molecule has 1 heterocycles. The molecule has 1 unspecified atom stereocenters. The molecular weight excluding hydrogens is 309 g/mol. The van der Waals surface area contributed by atoms with Crippen molar-refractivity contribution in [3.05, 3.63) is 29.3 Å². The van der Waals surface area contributed by atoms with E-state index in [4.69, 9.17) is 5.73 Å². The van der Waals surface area contributed by atoms with Crippen LogP contribution in [0.15, 0.2) is 18.2 Å². The van der Waals surface area contributed by atoms with Gasteiger partial charge >= 0.3 is 0 Å². The lowest BCUT2D eigenvalue weighted by molar-refractivity contribution is -0.131. The number of carbonyl (C=O) groups is 1. The fourth-order valence-corrected chi connectivity index (χ4v) is 2.72. The van der Waals surface area contributed by atoms with Crippen molar-refractivity contribution in [2.45, 2.75) is 32.7 Å². The Bertz CT molecular complexity index is 464. The summed E-state index contributed by atoms with van der Waals surface area (Å²) in [6.45, 7) is 6.49. The topological polar surface area (TPSA) is 58.4 Å². The van der Waals surface area contributed by atoms with Gasteiger partial charge in [-0.3, -0.25) is 4.79 Å². The van der Waals surface area contributed by atoms with Gasteiger partial charge in [0.1, 0.15) is 0 Å². The number of hydrogen-bond donors (Lipinski definition) is 2. The summed E-state index contributed by atoms with van der Waals surface area (Å²) in [6, 6.07) is 6.12. The van der Waals surface area contributed by atoms with E-state index >= 15 is 0 Å². The van der Waals surface area contributed by atoms with Gasteiger partial charge in [-0.2, -0.15) is 0 Å². The number of nitrogens with two attached hydrogens (primary N) is 1. The van der Waals surface area contributed by atoms with Crippen molar-refractivity contribution >= 4 is 36.4 Å². The second kappa shape index (κ2) is 9.13. The SMILES string of the molecule is CCN(CC)C(=O)CC1NCCc2ccc(N)cc21.Cl.Cl. The molecule has 0 saturated carbocycles. The lowest BCUT2D eigenvalue weighted by Crippen LogP contribution is -2.37. The maximum atomic E-state index is 12.2. The van der Waals surface area contributed by atoms with Crippen LogP contribution in [0.4, 0.5) is 5.69 Å². The smallest absolute Gasteiger partial charge is 0.224 e. The summed E-state index contributed by atoms with van der Waals surface area (Å²) >= 11 is 0. The van der Waals surface area contributed by atoms with Gasteiger partial charge in [0.2, 0.25) is 5.91 Å². The average molecular weight is 334 g/mol. The van der Waals surface area contributed by atoms with Crippen LogP contribution in [0.25, 0.3) is 0 Å². The van der Waals surface area contributed by atoms with Crippen LogP contribution in [0, 0.1) is 0 Å². The van der Waals surface area contributed by atoms with E-state index in [-0.39, 0.29) is 36.8 Å². The number of benzene rings is 1. The van der Waals surface area contributed by atoms with Gasteiger partial charge in [0.15, 0.2) is 0 Å². The summed E-state index contributed by atoms with van der Waals surface area (Å²) < 4.78 is 0. The van der Waals surface area contributed by atoms with E-state index in [0.717, 1.165) is 31.7 Å². The molecule has 1 aromatic rings. The summed E-state index contributed by atoms with van der Waals surface area (Å²) in [5, 5.41) is 3.43. The quantitative estimate of drug-likeness (QED) is 0.832. The number of nitrogens with zero attached hydrogens (tertiary/aromatic N) is 1.